The Kier molecular flexibility index (Phi) is 6.13. The van der Waals surface area contributed by atoms with Gasteiger partial charge in [0.15, 0.2) is 5.82 Å². The van der Waals surface area contributed by atoms with E-state index in [-0.39, 0.29) is 17.3 Å². The number of nitrogen functional groups attached to an aromatic ring is 1. The molecule has 2 heterocycles. The Morgan fingerprint density at radius 2 is 2.19 bits per heavy atom. The number of ether oxygens (including phenoxy) is 1. The summed E-state index contributed by atoms with van der Waals surface area (Å²) in [6.45, 7) is 2.19. The summed E-state index contributed by atoms with van der Waals surface area (Å²) in [6.07, 6.45) is 3.11. The molecular weight excluding hydrogens is 437 g/mol. The van der Waals surface area contributed by atoms with Gasteiger partial charge in [-0.1, -0.05) is 11.6 Å². The van der Waals surface area contributed by atoms with Crippen LogP contribution < -0.4 is 16.4 Å². The summed E-state index contributed by atoms with van der Waals surface area (Å²) in [6, 6.07) is 4.36. The van der Waals surface area contributed by atoms with Crippen molar-refractivity contribution >= 4 is 29.3 Å². The normalized spacial score (nSPS) is 14.1. The predicted octanol–water partition coefficient (Wildman–Crippen LogP) is 3.94. The minimum absolute atomic E-state index is 0.0495. The number of rotatable bonds is 7. The number of anilines is 2. The van der Waals surface area contributed by atoms with Crippen molar-refractivity contribution in [3.63, 3.8) is 0 Å². The number of carbonyl (C=O) groups is 1. The van der Waals surface area contributed by atoms with Crippen LogP contribution in [0, 0.1) is 5.82 Å². The Hall–Kier alpha value is -3.40. The number of alkyl carbamates (subject to hydrolysis) is 1. The van der Waals surface area contributed by atoms with Crippen molar-refractivity contribution in [2.24, 2.45) is 0 Å². The van der Waals surface area contributed by atoms with Gasteiger partial charge in [-0.2, -0.15) is 0 Å². The smallest absolute Gasteiger partial charge is 0.407 e. The zero-order valence-corrected chi connectivity index (χ0v) is 18.3. The maximum absolute atomic E-state index is 14.9. The number of imidazole rings is 1. The van der Waals surface area contributed by atoms with E-state index in [0.717, 1.165) is 18.7 Å². The van der Waals surface area contributed by atoms with Crippen molar-refractivity contribution < 1.29 is 13.9 Å². The van der Waals surface area contributed by atoms with Gasteiger partial charge in [0.1, 0.15) is 11.5 Å². The van der Waals surface area contributed by atoms with Crippen LogP contribution in [0.5, 0.6) is 0 Å². The lowest BCUT2D eigenvalue weighted by Crippen LogP contribution is -2.37. The number of carbonyl (C=O) groups excluding carboxylic acids is 1. The van der Waals surface area contributed by atoms with Crippen LogP contribution in [0.1, 0.15) is 31.5 Å². The standard InChI is InChI=1S/C21H23ClFN7O2/c1-10(27-21(31)32-2)9-26-20-25-6-5-15(28-20)18-17(29-19(30-18)11-3-4-11)13-7-12(22)8-14(24)16(13)23/h5-8,10-11H,3-4,9,24H2,1-2H3,(H,27,31)(H,29,30)(H,25,26,28). The SMILES string of the molecule is COC(=O)NC(C)CNc1nccc(-c2[nH]c(C3CC3)nc2-c2cc(Cl)cc(N)c2F)n1. The first-order valence-corrected chi connectivity index (χ1v) is 10.5. The Labute approximate surface area is 189 Å². The second-order valence-corrected chi connectivity index (χ2v) is 8.10. The average molecular weight is 460 g/mol. The molecule has 11 heteroatoms. The maximum Gasteiger partial charge on any atom is 0.407 e. The van der Waals surface area contributed by atoms with Gasteiger partial charge in [-0.25, -0.2) is 24.1 Å². The molecule has 32 heavy (non-hydrogen) atoms. The van der Waals surface area contributed by atoms with Gasteiger partial charge in [0.2, 0.25) is 5.95 Å². The minimum Gasteiger partial charge on any atom is -0.453 e. The zero-order valence-electron chi connectivity index (χ0n) is 17.6. The Bertz CT molecular complexity index is 1150. The molecule has 4 rings (SSSR count). The highest BCUT2D eigenvalue weighted by molar-refractivity contribution is 6.31. The first kappa shape index (κ1) is 21.8. The molecule has 9 nitrogen and oxygen atoms in total. The molecule has 1 unspecified atom stereocenters. The summed E-state index contributed by atoms with van der Waals surface area (Å²) < 4.78 is 19.5. The van der Waals surface area contributed by atoms with E-state index >= 15 is 0 Å². The Balaban J connectivity index is 1.65. The monoisotopic (exact) mass is 459 g/mol. The van der Waals surface area contributed by atoms with Gasteiger partial charge in [-0.3, -0.25) is 0 Å². The maximum atomic E-state index is 14.9. The highest BCUT2D eigenvalue weighted by atomic mass is 35.5. The quantitative estimate of drug-likeness (QED) is 0.393. The molecule has 0 radical (unpaired) electrons. The van der Waals surface area contributed by atoms with Crippen LogP contribution in [0.15, 0.2) is 24.4 Å². The summed E-state index contributed by atoms with van der Waals surface area (Å²) in [5.41, 5.74) is 7.43. The van der Waals surface area contributed by atoms with Crippen molar-refractivity contribution in [2.45, 2.75) is 31.7 Å². The van der Waals surface area contributed by atoms with E-state index in [0.29, 0.717) is 40.5 Å². The molecule has 2 aromatic heterocycles. The van der Waals surface area contributed by atoms with E-state index in [1.165, 1.54) is 19.2 Å². The predicted molar refractivity (Wildman–Crippen MR) is 120 cm³/mol. The first-order valence-electron chi connectivity index (χ1n) is 10.1. The largest absolute Gasteiger partial charge is 0.453 e. The molecule has 0 saturated heterocycles. The molecule has 0 aliphatic heterocycles. The third-order valence-corrected chi connectivity index (χ3v) is 5.25. The summed E-state index contributed by atoms with van der Waals surface area (Å²) in [4.78, 5) is 28.1. The van der Waals surface area contributed by atoms with Crippen LogP contribution in [0.4, 0.5) is 20.8 Å². The lowest BCUT2D eigenvalue weighted by Gasteiger charge is -2.14. The zero-order chi connectivity index (χ0) is 22.8. The summed E-state index contributed by atoms with van der Waals surface area (Å²) in [7, 11) is 1.30. The van der Waals surface area contributed by atoms with E-state index in [1.807, 2.05) is 6.92 Å². The highest BCUT2D eigenvalue weighted by Gasteiger charge is 2.30. The number of nitrogens with one attached hydrogen (secondary N) is 3. The fourth-order valence-corrected chi connectivity index (χ4v) is 3.47. The molecule has 3 aromatic rings. The number of hydrogen-bond acceptors (Lipinski definition) is 7. The van der Waals surface area contributed by atoms with Gasteiger partial charge in [0.05, 0.1) is 24.2 Å². The summed E-state index contributed by atoms with van der Waals surface area (Å²) >= 11 is 6.14. The molecule has 0 spiro atoms. The number of amides is 1. The average Bonchev–Trinajstić information content (AvgIpc) is 3.53. The van der Waals surface area contributed by atoms with Crippen molar-refractivity contribution in [3.05, 3.63) is 41.1 Å². The van der Waals surface area contributed by atoms with Crippen LogP contribution in [-0.2, 0) is 4.74 Å². The van der Waals surface area contributed by atoms with E-state index in [1.54, 1.807) is 12.3 Å². The van der Waals surface area contributed by atoms with Gasteiger partial charge in [0.25, 0.3) is 0 Å². The highest BCUT2D eigenvalue weighted by Crippen LogP contribution is 2.42. The third kappa shape index (κ3) is 4.75. The number of benzene rings is 1. The molecule has 0 bridgehead atoms. The van der Waals surface area contributed by atoms with Gasteiger partial charge in [-0.05, 0) is 38.0 Å². The molecule has 1 saturated carbocycles. The number of halogens is 2. The molecule has 1 atom stereocenters. The third-order valence-electron chi connectivity index (χ3n) is 5.03. The Morgan fingerprint density at radius 3 is 2.91 bits per heavy atom. The number of aromatic nitrogens is 4. The molecule has 1 aromatic carbocycles. The van der Waals surface area contributed by atoms with Crippen molar-refractivity contribution in [1.29, 1.82) is 0 Å². The van der Waals surface area contributed by atoms with E-state index in [4.69, 9.17) is 17.3 Å². The molecule has 1 aliphatic carbocycles. The van der Waals surface area contributed by atoms with Gasteiger partial charge in [-0.15, -0.1) is 0 Å². The fraction of sp³-hybridized carbons (Fsp3) is 0.333. The fourth-order valence-electron chi connectivity index (χ4n) is 3.24. The number of aromatic amines is 1. The van der Waals surface area contributed by atoms with Crippen molar-refractivity contribution in [1.82, 2.24) is 25.3 Å². The number of H-pyrrole nitrogens is 1. The van der Waals surface area contributed by atoms with E-state index < -0.39 is 11.9 Å². The van der Waals surface area contributed by atoms with Crippen LogP contribution in [-0.4, -0.2) is 45.7 Å². The van der Waals surface area contributed by atoms with E-state index in [2.05, 4.69) is 35.3 Å². The second-order valence-electron chi connectivity index (χ2n) is 7.66. The molecular formula is C21H23ClFN7O2. The number of nitrogens with zero attached hydrogens (tertiary/aromatic N) is 3. The van der Waals surface area contributed by atoms with Gasteiger partial charge in [0, 0.05) is 35.3 Å². The van der Waals surface area contributed by atoms with Crippen LogP contribution in [0.25, 0.3) is 22.6 Å². The van der Waals surface area contributed by atoms with E-state index in [9.17, 15) is 9.18 Å². The first-order chi connectivity index (χ1) is 15.4. The molecule has 5 N–H and O–H groups in total. The number of hydrogen-bond donors (Lipinski definition) is 4. The van der Waals surface area contributed by atoms with Crippen molar-refractivity contribution in [2.75, 3.05) is 24.7 Å². The Morgan fingerprint density at radius 1 is 1.41 bits per heavy atom. The van der Waals surface area contributed by atoms with Crippen molar-refractivity contribution in [3.8, 4) is 22.6 Å². The second kappa shape index (κ2) is 8.99. The molecule has 1 amide bonds. The lowest BCUT2D eigenvalue weighted by atomic mass is 10.1. The molecule has 1 aliphatic rings. The lowest BCUT2D eigenvalue weighted by molar-refractivity contribution is 0.168. The van der Waals surface area contributed by atoms with Gasteiger partial charge < -0.3 is 26.1 Å². The van der Waals surface area contributed by atoms with Crippen LogP contribution >= 0.6 is 11.6 Å². The molecule has 1 fully saturated rings. The number of nitrogens with two attached hydrogens (primary N) is 1. The summed E-state index contributed by atoms with van der Waals surface area (Å²) in [5, 5.41) is 6.05. The topological polar surface area (TPSA) is 131 Å². The van der Waals surface area contributed by atoms with Crippen LogP contribution in [0.2, 0.25) is 5.02 Å². The number of methoxy groups -OCH3 is 1. The molecule has 168 valence electrons. The van der Waals surface area contributed by atoms with Gasteiger partial charge >= 0.3 is 6.09 Å². The van der Waals surface area contributed by atoms with Crippen LogP contribution in [0.3, 0.4) is 0 Å². The summed E-state index contributed by atoms with van der Waals surface area (Å²) in [5.74, 6) is 0.851. The minimum atomic E-state index is -0.584.